The Labute approximate surface area is 167 Å². The number of carbonyl (C=O) groups excluding carboxylic acids is 1. The van der Waals surface area contributed by atoms with Gasteiger partial charge in [-0.3, -0.25) is 4.79 Å². The number of rotatable bonds is 6. The predicted octanol–water partition coefficient (Wildman–Crippen LogP) is 5.22. The third kappa shape index (κ3) is 4.78. The Balaban J connectivity index is 1.65. The molecule has 7 heteroatoms. The van der Waals surface area contributed by atoms with E-state index in [1.807, 2.05) is 36.6 Å². The van der Waals surface area contributed by atoms with Crippen LogP contribution in [0.5, 0.6) is 5.75 Å². The third-order valence-corrected chi connectivity index (χ3v) is 5.00. The van der Waals surface area contributed by atoms with Crippen molar-refractivity contribution < 1.29 is 9.53 Å². The molecule has 0 aliphatic heterocycles. The van der Waals surface area contributed by atoms with Crippen LogP contribution in [-0.4, -0.2) is 24.0 Å². The minimum atomic E-state index is -0.443. The average molecular weight is 402 g/mol. The van der Waals surface area contributed by atoms with Crippen LogP contribution in [0.15, 0.2) is 47.8 Å². The topological polar surface area (TPSA) is 63.2 Å². The second kappa shape index (κ2) is 8.41. The second-order valence-corrected chi connectivity index (χ2v) is 7.53. The number of nitrogens with zero attached hydrogens (tertiary/aromatic N) is 1. The zero-order chi connectivity index (χ0) is 19.4. The molecule has 1 aromatic heterocycles. The van der Waals surface area contributed by atoms with Crippen LogP contribution in [0.2, 0.25) is 5.02 Å². The molecule has 5 nitrogen and oxygen atoms in total. The molecule has 1 heterocycles. The zero-order valence-corrected chi connectivity index (χ0v) is 16.8. The summed E-state index contributed by atoms with van der Waals surface area (Å²) in [5.74, 6) is 0.373. The number of hydrogen-bond donors (Lipinski definition) is 2. The summed E-state index contributed by atoms with van der Waals surface area (Å²) in [5.41, 5.74) is 3.40. The average Bonchev–Trinajstić information content (AvgIpc) is 3.09. The van der Waals surface area contributed by atoms with Gasteiger partial charge in [-0.05, 0) is 44.2 Å². The SMILES string of the molecule is COc1ccc(Cl)cc1NC(=O)[C@H](C)Nc1ccc(-c2csc(C)n2)cc1. The number of ether oxygens (including phenoxy) is 1. The first-order valence-electron chi connectivity index (χ1n) is 8.40. The number of nitrogens with one attached hydrogen (secondary N) is 2. The lowest BCUT2D eigenvalue weighted by molar-refractivity contribution is -0.116. The normalized spacial score (nSPS) is 11.7. The van der Waals surface area contributed by atoms with E-state index < -0.39 is 6.04 Å². The molecule has 0 aliphatic carbocycles. The van der Waals surface area contributed by atoms with Crippen molar-refractivity contribution in [2.75, 3.05) is 17.7 Å². The summed E-state index contributed by atoms with van der Waals surface area (Å²) < 4.78 is 5.26. The second-order valence-electron chi connectivity index (χ2n) is 6.03. The highest BCUT2D eigenvalue weighted by Crippen LogP contribution is 2.28. The van der Waals surface area contributed by atoms with Crippen molar-refractivity contribution in [2.45, 2.75) is 19.9 Å². The Hall–Kier alpha value is -2.57. The van der Waals surface area contributed by atoms with Gasteiger partial charge in [0.05, 0.1) is 23.5 Å². The van der Waals surface area contributed by atoms with E-state index in [4.69, 9.17) is 16.3 Å². The summed E-state index contributed by atoms with van der Waals surface area (Å²) in [6, 6.07) is 12.5. The van der Waals surface area contributed by atoms with E-state index in [2.05, 4.69) is 15.6 Å². The van der Waals surface area contributed by atoms with Crippen LogP contribution in [0.4, 0.5) is 11.4 Å². The molecule has 1 amide bonds. The van der Waals surface area contributed by atoms with Crippen LogP contribution in [-0.2, 0) is 4.79 Å². The van der Waals surface area contributed by atoms with E-state index in [-0.39, 0.29) is 5.91 Å². The molecule has 0 saturated heterocycles. The molecule has 0 saturated carbocycles. The number of aromatic nitrogens is 1. The molecular formula is C20H20ClN3O2S. The van der Waals surface area contributed by atoms with Crippen molar-refractivity contribution in [3.63, 3.8) is 0 Å². The molecule has 3 rings (SSSR count). The molecule has 0 bridgehead atoms. The summed E-state index contributed by atoms with van der Waals surface area (Å²) in [6.07, 6.45) is 0. The van der Waals surface area contributed by atoms with Crippen LogP contribution in [0, 0.1) is 6.92 Å². The number of amides is 1. The molecule has 140 valence electrons. The van der Waals surface area contributed by atoms with E-state index in [0.29, 0.717) is 16.5 Å². The first kappa shape index (κ1) is 19.2. The Bertz CT molecular complexity index is 941. The van der Waals surface area contributed by atoms with Gasteiger partial charge >= 0.3 is 0 Å². The fourth-order valence-corrected chi connectivity index (χ4v) is 3.36. The maximum Gasteiger partial charge on any atom is 0.246 e. The van der Waals surface area contributed by atoms with E-state index in [0.717, 1.165) is 22.0 Å². The number of halogens is 1. The van der Waals surface area contributed by atoms with Crippen LogP contribution in [0.3, 0.4) is 0 Å². The standard InChI is InChI=1S/C20H20ClN3O2S/c1-12(20(25)24-17-10-15(21)6-9-19(17)26-3)22-16-7-4-14(5-8-16)18-11-27-13(2)23-18/h4-12,22H,1-3H3,(H,24,25)/t12-/m0/s1. The fraction of sp³-hybridized carbons (Fsp3) is 0.200. The van der Waals surface area contributed by atoms with Gasteiger partial charge in [0.25, 0.3) is 0 Å². The number of aryl methyl sites for hydroxylation is 1. The molecule has 2 N–H and O–H groups in total. The van der Waals surface area contributed by atoms with Crippen LogP contribution in [0.1, 0.15) is 11.9 Å². The van der Waals surface area contributed by atoms with E-state index >= 15 is 0 Å². The van der Waals surface area contributed by atoms with E-state index in [1.54, 1.807) is 43.6 Å². The summed E-state index contributed by atoms with van der Waals surface area (Å²) in [5, 5.41) is 9.63. The predicted molar refractivity (Wildman–Crippen MR) is 112 cm³/mol. The lowest BCUT2D eigenvalue weighted by atomic mass is 10.1. The van der Waals surface area contributed by atoms with Gasteiger partial charge in [-0.2, -0.15) is 0 Å². The van der Waals surface area contributed by atoms with Gasteiger partial charge in [-0.25, -0.2) is 4.98 Å². The largest absolute Gasteiger partial charge is 0.495 e. The van der Waals surface area contributed by atoms with Gasteiger partial charge in [0, 0.05) is 21.7 Å². The van der Waals surface area contributed by atoms with Gasteiger partial charge in [0.2, 0.25) is 5.91 Å². The number of benzene rings is 2. The zero-order valence-electron chi connectivity index (χ0n) is 15.2. The first-order chi connectivity index (χ1) is 13.0. The van der Waals surface area contributed by atoms with Crippen LogP contribution < -0.4 is 15.4 Å². The van der Waals surface area contributed by atoms with Gasteiger partial charge in [0.1, 0.15) is 11.8 Å². The Morgan fingerprint density at radius 2 is 1.96 bits per heavy atom. The van der Waals surface area contributed by atoms with Crippen molar-refractivity contribution in [1.82, 2.24) is 4.98 Å². The molecule has 0 radical (unpaired) electrons. The monoisotopic (exact) mass is 401 g/mol. The summed E-state index contributed by atoms with van der Waals surface area (Å²) >= 11 is 7.63. The number of carbonyl (C=O) groups is 1. The molecule has 0 fully saturated rings. The minimum Gasteiger partial charge on any atom is -0.495 e. The highest BCUT2D eigenvalue weighted by atomic mass is 35.5. The number of anilines is 2. The summed E-state index contributed by atoms with van der Waals surface area (Å²) in [4.78, 5) is 17.0. The smallest absolute Gasteiger partial charge is 0.246 e. The Kier molecular flexibility index (Phi) is 5.98. The number of thiazole rings is 1. The van der Waals surface area contributed by atoms with Crippen LogP contribution in [0.25, 0.3) is 11.3 Å². The van der Waals surface area contributed by atoms with Crippen molar-refractivity contribution in [3.8, 4) is 17.0 Å². The number of methoxy groups -OCH3 is 1. The van der Waals surface area contributed by atoms with Crippen molar-refractivity contribution in [1.29, 1.82) is 0 Å². The van der Waals surface area contributed by atoms with Crippen molar-refractivity contribution >= 4 is 40.2 Å². The summed E-state index contributed by atoms with van der Waals surface area (Å²) in [6.45, 7) is 3.78. The Morgan fingerprint density at radius 1 is 1.22 bits per heavy atom. The molecule has 3 aromatic rings. The van der Waals surface area contributed by atoms with Crippen molar-refractivity contribution in [3.05, 3.63) is 57.9 Å². The van der Waals surface area contributed by atoms with Gasteiger partial charge in [0.15, 0.2) is 0 Å². The fourth-order valence-electron chi connectivity index (χ4n) is 2.57. The van der Waals surface area contributed by atoms with E-state index in [1.165, 1.54) is 0 Å². The highest BCUT2D eigenvalue weighted by Gasteiger charge is 2.15. The molecule has 0 unspecified atom stereocenters. The van der Waals surface area contributed by atoms with Gasteiger partial charge in [-0.1, -0.05) is 23.7 Å². The minimum absolute atomic E-state index is 0.185. The first-order valence-corrected chi connectivity index (χ1v) is 9.65. The molecular weight excluding hydrogens is 382 g/mol. The molecule has 1 atom stereocenters. The lowest BCUT2D eigenvalue weighted by Crippen LogP contribution is -2.32. The number of hydrogen-bond acceptors (Lipinski definition) is 5. The molecule has 0 spiro atoms. The highest BCUT2D eigenvalue weighted by molar-refractivity contribution is 7.09. The lowest BCUT2D eigenvalue weighted by Gasteiger charge is -2.17. The van der Waals surface area contributed by atoms with Gasteiger partial charge in [-0.15, -0.1) is 11.3 Å². The maximum absolute atomic E-state index is 12.5. The maximum atomic E-state index is 12.5. The van der Waals surface area contributed by atoms with E-state index in [9.17, 15) is 4.79 Å². The Morgan fingerprint density at radius 3 is 2.59 bits per heavy atom. The third-order valence-electron chi connectivity index (χ3n) is 4.00. The quantitative estimate of drug-likeness (QED) is 0.594. The molecule has 0 aliphatic rings. The summed E-state index contributed by atoms with van der Waals surface area (Å²) in [7, 11) is 1.55. The van der Waals surface area contributed by atoms with Gasteiger partial charge < -0.3 is 15.4 Å². The molecule has 2 aromatic carbocycles. The van der Waals surface area contributed by atoms with Crippen LogP contribution >= 0.6 is 22.9 Å². The van der Waals surface area contributed by atoms with Crippen molar-refractivity contribution in [2.24, 2.45) is 0 Å². The molecule has 27 heavy (non-hydrogen) atoms.